The maximum atomic E-state index is 12.9. The van der Waals surface area contributed by atoms with Gasteiger partial charge < -0.3 is 0 Å². The molecule has 2 amide bonds. The number of amides is 2. The molecule has 0 bridgehead atoms. The van der Waals surface area contributed by atoms with Crippen molar-refractivity contribution in [2.45, 2.75) is 6.54 Å². The first-order valence-electron chi connectivity index (χ1n) is 6.89. The molecule has 7 heteroatoms. The van der Waals surface area contributed by atoms with Crippen molar-refractivity contribution in [2.75, 3.05) is 0 Å². The van der Waals surface area contributed by atoms with Gasteiger partial charge in [-0.15, -0.1) is 0 Å². The van der Waals surface area contributed by atoms with Gasteiger partial charge in [-0.25, -0.2) is 4.39 Å². The lowest BCUT2D eigenvalue weighted by molar-refractivity contribution is -0.123. The Morgan fingerprint density at radius 2 is 1.75 bits per heavy atom. The van der Waals surface area contributed by atoms with Gasteiger partial charge >= 0.3 is 0 Å². The molecule has 3 rings (SSSR count). The van der Waals surface area contributed by atoms with Crippen molar-refractivity contribution in [3.05, 3.63) is 74.4 Å². The zero-order valence-electron chi connectivity index (χ0n) is 12.1. The monoisotopic (exact) mass is 381 g/mol. The quantitative estimate of drug-likeness (QED) is 0.670. The Balaban J connectivity index is 1.81. The minimum Gasteiger partial charge on any atom is -0.268 e. The van der Waals surface area contributed by atoms with E-state index in [1.807, 2.05) is 0 Å². The van der Waals surface area contributed by atoms with Crippen molar-refractivity contribution in [2.24, 2.45) is 0 Å². The molecule has 2 aromatic rings. The Labute approximate surface area is 152 Å². The second kappa shape index (κ2) is 6.97. The van der Waals surface area contributed by atoms with E-state index in [0.29, 0.717) is 26.1 Å². The van der Waals surface area contributed by atoms with Crippen LogP contribution in [0.25, 0.3) is 6.08 Å². The molecule has 0 saturated carbocycles. The molecular weight excluding hydrogens is 372 g/mol. The number of carbonyl (C=O) groups is 2. The van der Waals surface area contributed by atoms with Crippen LogP contribution in [0.4, 0.5) is 9.18 Å². The van der Waals surface area contributed by atoms with E-state index in [-0.39, 0.29) is 23.5 Å². The van der Waals surface area contributed by atoms with Crippen molar-refractivity contribution >= 4 is 52.2 Å². The Morgan fingerprint density at radius 3 is 2.42 bits per heavy atom. The van der Waals surface area contributed by atoms with Crippen molar-refractivity contribution in [1.29, 1.82) is 0 Å². The smallest absolute Gasteiger partial charge is 0.268 e. The van der Waals surface area contributed by atoms with E-state index in [1.165, 1.54) is 12.1 Å². The Morgan fingerprint density at radius 1 is 1.04 bits per heavy atom. The minimum absolute atomic E-state index is 0.101. The van der Waals surface area contributed by atoms with Gasteiger partial charge in [-0.3, -0.25) is 14.5 Å². The lowest BCUT2D eigenvalue weighted by Crippen LogP contribution is -2.27. The largest absolute Gasteiger partial charge is 0.293 e. The molecule has 1 fully saturated rings. The summed E-state index contributed by atoms with van der Waals surface area (Å²) in [5, 5.41) is 0.421. The molecule has 1 aliphatic rings. The number of imide groups is 1. The summed E-state index contributed by atoms with van der Waals surface area (Å²) in [6, 6.07) is 10.6. The summed E-state index contributed by atoms with van der Waals surface area (Å²) in [7, 11) is 0. The third kappa shape index (κ3) is 3.64. The highest BCUT2D eigenvalue weighted by Crippen LogP contribution is 2.34. The maximum Gasteiger partial charge on any atom is 0.293 e. The second-order valence-corrected chi connectivity index (χ2v) is 6.88. The lowest BCUT2D eigenvalue weighted by atomic mass is 10.2. The fourth-order valence-electron chi connectivity index (χ4n) is 2.16. The average Bonchev–Trinajstić information content (AvgIpc) is 2.80. The first-order chi connectivity index (χ1) is 11.4. The first-order valence-corrected chi connectivity index (χ1v) is 8.46. The van der Waals surface area contributed by atoms with E-state index in [9.17, 15) is 14.0 Å². The van der Waals surface area contributed by atoms with Gasteiger partial charge in [-0.2, -0.15) is 0 Å². The number of hydrogen-bond donors (Lipinski definition) is 0. The number of nitrogens with zero attached hydrogens (tertiary/aromatic N) is 1. The Bertz CT molecular complexity index is 852. The standard InChI is InChI=1S/C17H10Cl2FNO2S/c18-13-6-3-11(7-14(13)19)8-15-16(22)21(17(23)24-15)9-10-1-4-12(20)5-2-10/h1-8H,9H2/b15-8-. The number of hydrogen-bond acceptors (Lipinski definition) is 3. The third-order valence-electron chi connectivity index (χ3n) is 3.37. The molecule has 0 radical (unpaired) electrons. The molecular formula is C17H10Cl2FNO2S. The van der Waals surface area contributed by atoms with Crippen LogP contribution in [-0.2, 0) is 11.3 Å². The van der Waals surface area contributed by atoms with Gasteiger partial charge in [0.2, 0.25) is 0 Å². The van der Waals surface area contributed by atoms with E-state index in [4.69, 9.17) is 23.2 Å². The summed E-state index contributed by atoms with van der Waals surface area (Å²) in [6.07, 6.45) is 1.60. The molecule has 1 aliphatic heterocycles. The van der Waals surface area contributed by atoms with Crippen LogP contribution in [-0.4, -0.2) is 16.0 Å². The molecule has 0 atom stereocenters. The molecule has 3 nitrogen and oxygen atoms in total. The minimum atomic E-state index is -0.389. The van der Waals surface area contributed by atoms with Crippen LogP contribution in [0.3, 0.4) is 0 Å². The topological polar surface area (TPSA) is 37.4 Å². The molecule has 122 valence electrons. The van der Waals surface area contributed by atoms with Gasteiger partial charge in [0.25, 0.3) is 11.1 Å². The van der Waals surface area contributed by atoms with Crippen LogP contribution in [0.5, 0.6) is 0 Å². The summed E-state index contributed by atoms with van der Waals surface area (Å²) in [6.45, 7) is 0.101. The van der Waals surface area contributed by atoms with E-state index in [0.717, 1.165) is 16.7 Å². The summed E-state index contributed by atoms with van der Waals surface area (Å²) in [4.78, 5) is 25.9. The molecule has 1 saturated heterocycles. The summed E-state index contributed by atoms with van der Waals surface area (Å²) < 4.78 is 12.9. The van der Waals surface area contributed by atoms with Crippen molar-refractivity contribution in [3.8, 4) is 0 Å². The van der Waals surface area contributed by atoms with Crippen LogP contribution in [0.15, 0.2) is 47.4 Å². The van der Waals surface area contributed by atoms with Gasteiger partial charge in [0.15, 0.2) is 0 Å². The predicted molar refractivity (Wildman–Crippen MR) is 94.4 cm³/mol. The molecule has 0 unspecified atom stereocenters. The molecule has 24 heavy (non-hydrogen) atoms. The van der Waals surface area contributed by atoms with Crippen LogP contribution in [0.2, 0.25) is 10.0 Å². The molecule has 1 heterocycles. The molecule has 2 aromatic carbocycles. The highest BCUT2D eigenvalue weighted by Gasteiger charge is 2.34. The van der Waals surface area contributed by atoms with Gasteiger partial charge in [0.05, 0.1) is 21.5 Å². The van der Waals surface area contributed by atoms with Gasteiger partial charge in [0.1, 0.15) is 5.82 Å². The highest BCUT2D eigenvalue weighted by molar-refractivity contribution is 8.18. The van der Waals surface area contributed by atoms with Crippen LogP contribution >= 0.6 is 35.0 Å². The van der Waals surface area contributed by atoms with E-state index in [1.54, 1.807) is 36.4 Å². The summed E-state index contributed by atoms with van der Waals surface area (Å²) in [5.74, 6) is -0.757. The summed E-state index contributed by atoms with van der Waals surface area (Å²) >= 11 is 12.7. The Kier molecular flexibility index (Phi) is 4.94. The van der Waals surface area contributed by atoms with Crippen LogP contribution in [0, 0.1) is 5.82 Å². The second-order valence-electron chi connectivity index (χ2n) is 5.07. The maximum absolute atomic E-state index is 12.9. The summed E-state index contributed by atoms with van der Waals surface area (Å²) in [5.41, 5.74) is 1.35. The highest BCUT2D eigenvalue weighted by atomic mass is 35.5. The zero-order chi connectivity index (χ0) is 17.3. The number of rotatable bonds is 3. The number of benzene rings is 2. The average molecular weight is 382 g/mol. The molecule has 0 N–H and O–H groups in total. The predicted octanol–water partition coefficient (Wildman–Crippen LogP) is 5.37. The van der Waals surface area contributed by atoms with Crippen molar-refractivity contribution in [3.63, 3.8) is 0 Å². The van der Waals surface area contributed by atoms with Crippen LogP contribution in [0.1, 0.15) is 11.1 Å². The van der Waals surface area contributed by atoms with Crippen LogP contribution < -0.4 is 0 Å². The van der Waals surface area contributed by atoms with Gasteiger partial charge in [-0.05, 0) is 53.2 Å². The molecule has 0 aliphatic carbocycles. The SMILES string of the molecule is O=C1S/C(=C\c2ccc(Cl)c(Cl)c2)C(=O)N1Cc1ccc(F)cc1. The third-order valence-corrected chi connectivity index (χ3v) is 5.02. The molecule has 0 aromatic heterocycles. The number of carbonyl (C=O) groups excluding carboxylic acids is 2. The van der Waals surface area contributed by atoms with E-state index < -0.39 is 0 Å². The van der Waals surface area contributed by atoms with E-state index >= 15 is 0 Å². The fraction of sp³-hybridized carbons (Fsp3) is 0.0588. The van der Waals surface area contributed by atoms with Crippen molar-refractivity contribution < 1.29 is 14.0 Å². The normalized spacial score (nSPS) is 16.3. The van der Waals surface area contributed by atoms with E-state index in [2.05, 4.69) is 0 Å². The Hall–Kier alpha value is -1.82. The fourth-order valence-corrected chi connectivity index (χ4v) is 3.31. The van der Waals surface area contributed by atoms with Gasteiger partial charge in [-0.1, -0.05) is 41.4 Å². The van der Waals surface area contributed by atoms with Crippen molar-refractivity contribution in [1.82, 2.24) is 4.90 Å². The lowest BCUT2D eigenvalue weighted by Gasteiger charge is -2.12. The van der Waals surface area contributed by atoms with Gasteiger partial charge in [0, 0.05) is 0 Å². The first kappa shape index (κ1) is 17.0. The number of halogens is 3. The number of thioether (sulfide) groups is 1. The molecule has 0 spiro atoms. The zero-order valence-corrected chi connectivity index (χ0v) is 14.5.